The third-order valence-electron chi connectivity index (χ3n) is 12.7. The average Bonchev–Trinajstić information content (AvgIpc) is 3.93. The minimum Gasteiger partial charge on any atom is -0.360 e. The molecule has 3 heterocycles. The molecule has 1 unspecified atom stereocenters. The van der Waals surface area contributed by atoms with E-state index >= 15 is 0 Å². The van der Waals surface area contributed by atoms with E-state index in [1.165, 1.54) is 90.5 Å². The van der Waals surface area contributed by atoms with E-state index < -0.39 is 0 Å². The lowest BCUT2D eigenvalue weighted by Gasteiger charge is -2.27. The van der Waals surface area contributed by atoms with Gasteiger partial charge in [0, 0.05) is 46.0 Å². The summed E-state index contributed by atoms with van der Waals surface area (Å²) >= 11 is 3.77. The molecule has 2 aromatic heterocycles. The van der Waals surface area contributed by atoms with Gasteiger partial charge in [0.25, 0.3) is 0 Å². The van der Waals surface area contributed by atoms with E-state index in [0.717, 1.165) is 48.2 Å². The zero-order chi connectivity index (χ0) is 41.0. The van der Waals surface area contributed by atoms with E-state index in [0.29, 0.717) is 0 Å². The largest absolute Gasteiger partial charge is 0.360 e. The topological polar surface area (TPSA) is 24.4 Å². The van der Waals surface area contributed by atoms with Gasteiger partial charge in [0.15, 0.2) is 0 Å². The smallest absolute Gasteiger partial charge is 0.145 e. The van der Waals surface area contributed by atoms with Gasteiger partial charge in [-0.15, -0.1) is 22.7 Å². The Morgan fingerprint density at radius 3 is 1.66 bits per heavy atom. The maximum absolute atomic E-state index is 5.64. The first-order valence-electron chi connectivity index (χ1n) is 21.6. The molecule has 0 saturated heterocycles. The van der Waals surface area contributed by atoms with Crippen LogP contribution in [0.5, 0.6) is 0 Å². The first-order chi connectivity index (χ1) is 30.7. The zero-order valence-corrected chi connectivity index (χ0v) is 35.8. The van der Waals surface area contributed by atoms with E-state index in [2.05, 4.69) is 199 Å². The van der Waals surface area contributed by atoms with Crippen molar-refractivity contribution in [2.24, 2.45) is 4.99 Å². The van der Waals surface area contributed by atoms with Crippen LogP contribution < -0.4 is 5.32 Å². The molecule has 12 rings (SSSR count). The monoisotopic (exact) mass is 830 g/mol. The predicted octanol–water partition coefficient (Wildman–Crippen LogP) is 16.3. The van der Waals surface area contributed by atoms with Crippen molar-refractivity contribution in [1.82, 2.24) is 5.32 Å². The van der Waals surface area contributed by atoms with Gasteiger partial charge in [0.05, 0.1) is 5.71 Å². The van der Waals surface area contributed by atoms with Crippen LogP contribution in [0, 0.1) is 0 Å². The van der Waals surface area contributed by atoms with Crippen molar-refractivity contribution < 1.29 is 0 Å². The standard InChI is InChI=1S/C58H42N2S2/c1-3-14-37(15-4-1)38-28-30-39(31-29-38)41-18-11-19-42(32-41)53-36-52(40-16-5-2-6-17-40)59-58(60-53)45-34-43(46-22-12-24-50-48-20-7-9-26-54(48)61-56(46)50)33-44(35-45)47-23-13-25-51-49-21-8-10-27-55(49)62-57(47)51/h1-10,12-17,19-28,30,32-36,58-59H,11,18,29,31H2. The Kier molecular flexibility index (Phi) is 9.27. The summed E-state index contributed by atoms with van der Waals surface area (Å²) in [6.07, 6.45) is 15.6. The van der Waals surface area contributed by atoms with E-state index in [9.17, 15) is 0 Å². The summed E-state index contributed by atoms with van der Waals surface area (Å²) < 4.78 is 5.25. The quantitative estimate of drug-likeness (QED) is 0.170. The van der Waals surface area contributed by atoms with Gasteiger partial charge in [-0.3, -0.25) is 4.99 Å². The number of aliphatic imine (C=N–C) groups is 1. The summed E-state index contributed by atoms with van der Waals surface area (Å²) in [6.45, 7) is 0. The maximum atomic E-state index is 5.64. The second-order valence-corrected chi connectivity index (χ2v) is 18.6. The molecule has 0 fully saturated rings. The molecule has 0 bridgehead atoms. The molecule has 2 aliphatic carbocycles. The molecule has 62 heavy (non-hydrogen) atoms. The zero-order valence-electron chi connectivity index (χ0n) is 34.1. The van der Waals surface area contributed by atoms with Crippen LogP contribution in [-0.4, -0.2) is 5.71 Å². The molecule has 1 aliphatic heterocycles. The van der Waals surface area contributed by atoms with Gasteiger partial charge in [-0.1, -0.05) is 152 Å². The van der Waals surface area contributed by atoms with Gasteiger partial charge >= 0.3 is 0 Å². The number of allylic oxidation sites excluding steroid dienone is 9. The Labute approximate surface area is 369 Å². The van der Waals surface area contributed by atoms with Gasteiger partial charge in [0.1, 0.15) is 6.17 Å². The Balaban J connectivity index is 1.01. The predicted molar refractivity (Wildman–Crippen MR) is 268 cm³/mol. The lowest BCUT2D eigenvalue weighted by atomic mass is 9.85. The maximum Gasteiger partial charge on any atom is 0.145 e. The Hall–Kier alpha value is -6.85. The molecule has 7 aromatic carbocycles. The van der Waals surface area contributed by atoms with Crippen molar-refractivity contribution in [3.8, 4) is 22.3 Å². The molecule has 9 aromatic rings. The number of fused-ring (bicyclic) bond motifs is 6. The highest BCUT2D eigenvalue weighted by Crippen LogP contribution is 2.45. The SMILES string of the molecule is C1=C(C2=NC(c3cc(-c4cccc5c4sc4ccccc45)cc(-c4cccc5c4sc4ccccc45)c3)NC(c3ccccc3)=C2)C=C(C2=CC=C(c3ccccc3)CC2)CC1. The molecule has 1 N–H and O–H groups in total. The number of nitrogens with one attached hydrogen (secondary N) is 1. The van der Waals surface area contributed by atoms with Crippen LogP contribution in [0.1, 0.15) is 48.5 Å². The van der Waals surface area contributed by atoms with Crippen molar-refractivity contribution in [1.29, 1.82) is 0 Å². The van der Waals surface area contributed by atoms with Crippen LogP contribution in [0.2, 0.25) is 0 Å². The molecular formula is C58H42N2S2. The van der Waals surface area contributed by atoms with E-state index in [-0.39, 0.29) is 6.17 Å². The van der Waals surface area contributed by atoms with Gasteiger partial charge in [-0.2, -0.15) is 0 Å². The third-order valence-corrected chi connectivity index (χ3v) is 15.2. The second-order valence-electron chi connectivity index (χ2n) is 16.5. The molecule has 296 valence electrons. The summed E-state index contributed by atoms with van der Waals surface area (Å²) in [5.41, 5.74) is 16.1. The third kappa shape index (κ3) is 6.68. The van der Waals surface area contributed by atoms with Crippen molar-refractivity contribution in [2.45, 2.75) is 31.8 Å². The Morgan fingerprint density at radius 1 is 0.468 bits per heavy atom. The number of nitrogens with zero attached hydrogens (tertiary/aromatic N) is 1. The van der Waals surface area contributed by atoms with Crippen LogP contribution >= 0.6 is 22.7 Å². The summed E-state index contributed by atoms with van der Waals surface area (Å²) in [6, 6.07) is 59.9. The summed E-state index contributed by atoms with van der Waals surface area (Å²) in [5.74, 6) is 0. The molecule has 2 nitrogen and oxygen atoms in total. The number of hydrogen-bond donors (Lipinski definition) is 1. The van der Waals surface area contributed by atoms with Crippen molar-refractivity contribution >= 4 is 80.0 Å². The summed E-state index contributed by atoms with van der Waals surface area (Å²) in [4.78, 5) is 5.64. The summed E-state index contributed by atoms with van der Waals surface area (Å²) in [5, 5.41) is 9.17. The number of thiophene rings is 2. The first-order valence-corrected chi connectivity index (χ1v) is 23.3. The molecule has 0 radical (unpaired) electrons. The van der Waals surface area contributed by atoms with Crippen LogP contribution in [-0.2, 0) is 0 Å². The van der Waals surface area contributed by atoms with Gasteiger partial charge in [-0.05, 0) is 129 Å². The number of benzene rings is 7. The molecule has 1 atom stereocenters. The minimum absolute atomic E-state index is 0.308. The molecule has 4 heteroatoms. The van der Waals surface area contributed by atoms with E-state index in [4.69, 9.17) is 4.99 Å². The lowest BCUT2D eigenvalue weighted by molar-refractivity contribution is 0.664. The lowest BCUT2D eigenvalue weighted by Crippen LogP contribution is -2.25. The fourth-order valence-corrected chi connectivity index (χ4v) is 12.1. The first kappa shape index (κ1) is 37.0. The fourth-order valence-electron chi connectivity index (χ4n) is 9.64. The summed E-state index contributed by atoms with van der Waals surface area (Å²) in [7, 11) is 0. The van der Waals surface area contributed by atoms with E-state index in [1.807, 2.05) is 22.7 Å². The van der Waals surface area contributed by atoms with Crippen molar-refractivity contribution in [3.05, 3.63) is 228 Å². The van der Waals surface area contributed by atoms with Gasteiger partial charge in [0.2, 0.25) is 0 Å². The molecule has 0 amide bonds. The molecule has 0 spiro atoms. The Morgan fingerprint density at radius 2 is 1.03 bits per heavy atom. The highest BCUT2D eigenvalue weighted by atomic mass is 32.1. The van der Waals surface area contributed by atoms with Crippen LogP contribution in [0.15, 0.2) is 216 Å². The van der Waals surface area contributed by atoms with Gasteiger partial charge < -0.3 is 5.32 Å². The van der Waals surface area contributed by atoms with E-state index in [1.54, 1.807) is 0 Å². The van der Waals surface area contributed by atoms with Gasteiger partial charge in [-0.25, -0.2) is 0 Å². The normalized spacial score (nSPS) is 16.7. The molecule has 3 aliphatic rings. The number of rotatable bonds is 7. The number of hydrogen-bond acceptors (Lipinski definition) is 4. The molecule has 0 saturated carbocycles. The second kappa shape index (κ2) is 15.6. The average molecular weight is 831 g/mol. The minimum atomic E-state index is -0.308. The highest BCUT2D eigenvalue weighted by molar-refractivity contribution is 7.26. The van der Waals surface area contributed by atoms with Crippen molar-refractivity contribution in [3.63, 3.8) is 0 Å². The van der Waals surface area contributed by atoms with Crippen LogP contribution in [0.3, 0.4) is 0 Å². The van der Waals surface area contributed by atoms with Crippen LogP contribution in [0.4, 0.5) is 0 Å². The Bertz CT molecular complexity index is 3290. The molecular weight excluding hydrogens is 789 g/mol. The highest BCUT2D eigenvalue weighted by Gasteiger charge is 2.24. The fraction of sp³-hybridized carbons (Fsp3) is 0.0862. The van der Waals surface area contributed by atoms with Crippen LogP contribution in [0.25, 0.3) is 73.9 Å². The van der Waals surface area contributed by atoms with Crippen molar-refractivity contribution in [2.75, 3.05) is 0 Å².